The molecule has 0 aliphatic rings. The maximum absolute atomic E-state index is 13.3. The largest absolute Gasteiger partial charge is 0.295 e. The summed E-state index contributed by atoms with van der Waals surface area (Å²) in [5, 5.41) is 0.0756. The molecule has 140 valence electrons. The lowest BCUT2D eigenvalue weighted by atomic mass is 10.1. The second-order valence-corrected chi connectivity index (χ2v) is 8.37. The van der Waals surface area contributed by atoms with Crippen molar-refractivity contribution in [3.05, 3.63) is 66.0 Å². The van der Waals surface area contributed by atoms with Crippen LogP contribution >= 0.6 is 0 Å². The van der Waals surface area contributed by atoms with Crippen molar-refractivity contribution in [2.75, 3.05) is 0 Å². The highest BCUT2D eigenvalue weighted by Gasteiger charge is 2.22. The molecule has 0 aliphatic heterocycles. The van der Waals surface area contributed by atoms with Gasteiger partial charge in [0.1, 0.15) is 10.7 Å². The van der Waals surface area contributed by atoms with Gasteiger partial charge in [0.15, 0.2) is 0 Å². The fraction of sp³-hybridized carbons (Fsp3) is 0. The molecule has 0 aromatic heterocycles. The minimum Gasteiger partial charge on any atom is -0.282 e. The molecule has 3 aromatic rings. The molecule has 0 spiro atoms. The van der Waals surface area contributed by atoms with Crippen molar-refractivity contribution in [3.8, 4) is 0 Å². The molecule has 0 bridgehead atoms. The molecule has 0 radical (unpaired) electrons. The lowest BCUT2D eigenvalue weighted by molar-refractivity contribution is 0.482. The van der Waals surface area contributed by atoms with E-state index in [2.05, 4.69) is 4.99 Å². The number of nitrogens with zero attached hydrogens (tertiary/aromatic N) is 1. The molecule has 0 heterocycles. The van der Waals surface area contributed by atoms with Gasteiger partial charge < -0.3 is 0 Å². The number of benzene rings is 3. The highest BCUT2D eigenvalue weighted by molar-refractivity contribution is 7.86. The number of aliphatic imine (C=N–C) groups is 1. The van der Waals surface area contributed by atoms with E-state index >= 15 is 0 Å². The maximum atomic E-state index is 13.3. The summed E-state index contributed by atoms with van der Waals surface area (Å²) in [6.45, 7) is 0. The normalized spacial score (nSPS) is 12.7. The summed E-state index contributed by atoms with van der Waals surface area (Å²) >= 11 is 0. The van der Waals surface area contributed by atoms with E-state index in [4.69, 9.17) is 0 Å². The Bertz CT molecular complexity index is 1280. The molecule has 27 heavy (non-hydrogen) atoms. The summed E-state index contributed by atoms with van der Waals surface area (Å²) in [5.41, 5.74) is 0.515. The van der Waals surface area contributed by atoms with Gasteiger partial charge in [-0.2, -0.15) is 16.8 Å². The third kappa shape index (κ3) is 4.19. The van der Waals surface area contributed by atoms with Gasteiger partial charge in [0.25, 0.3) is 20.2 Å². The Morgan fingerprint density at radius 3 is 2.22 bits per heavy atom. The molecule has 3 aromatic carbocycles. The first-order valence-corrected chi connectivity index (χ1v) is 10.2. The molecule has 2 N–H and O–H groups in total. The molecular formula is C17H12FNO6S2. The third-order valence-corrected chi connectivity index (χ3v) is 5.38. The van der Waals surface area contributed by atoms with Crippen LogP contribution in [0.15, 0.2) is 69.4 Å². The van der Waals surface area contributed by atoms with E-state index in [0.717, 1.165) is 6.07 Å². The smallest absolute Gasteiger partial charge is 0.282 e. The minimum absolute atomic E-state index is 0.0416. The van der Waals surface area contributed by atoms with Crippen molar-refractivity contribution in [1.82, 2.24) is 0 Å². The Labute approximate surface area is 154 Å². The summed E-state index contributed by atoms with van der Waals surface area (Å²) in [6, 6.07) is 11.6. The van der Waals surface area contributed by atoms with Crippen molar-refractivity contribution < 1.29 is 30.3 Å². The summed E-state index contributed by atoms with van der Waals surface area (Å²) in [5.74, 6) is -0.478. The zero-order chi connectivity index (χ0) is 19.8. The van der Waals surface area contributed by atoms with Gasteiger partial charge in [0, 0.05) is 11.6 Å². The Morgan fingerprint density at radius 1 is 0.889 bits per heavy atom. The molecule has 10 heteroatoms. The Hall–Kier alpha value is -2.66. The van der Waals surface area contributed by atoms with Crippen LogP contribution in [0.1, 0.15) is 5.56 Å². The van der Waals surface area contributed by atoms with Crippen LogP contribution in [0, 0.1) is 5.82 Å². The first kappa shape index (κ1) is 19.1. The van der Waals surface area contributed by atoms with Gasteiger partial charge in [0.2, 0.25) is 0 Å². The number of hydrogen-bond donors (Lipinski definition) is 2. The van der Waals surface area contributed by atoms with Gasteiger partial charge >= 0.3 is 0 Å². The standard InChI is InChI=1S/C17H12FNO6S2/c18-13-5-1-3-11(7-13)10-19-15-6-2-4-12-8-14(26(20,21)22)9-16(17(12)15)27(23,24)25/h1-10H,(H,20,21,22)(H,23,24,25). The SMILES string of the molecule is O=S(=O)(O)c1cc(S(=O)(=O)O)c2c(N=Cc3cccc(F)c3)cccc2c1. The van der Waals surface area contributed by atoms with E-state index in [1.54, 1.807) is 6.07 Å². The number of rotatable bonds is 4. The van der Waals surface area contributed by atoms with Gasteiger partial charge in [-0.3, -0.25) is 14.1 Å². The van der Waals surface area contributed by atoms with Crippen LogP contribution in [0.4, 0.5) is 10.1 Å². The zero-order valence-electron chi connectivity index (χ0n) is 13.4. The molecule has 0 aliphatic carbocycles. The average Bonchev–Trinajstić information content (AvgIpc) is 2.57. The maximum Gasteiger partial charge on any atom is 0.295 e. The monoisotopic (exact) mass is 409 g/mol. The third-order valence-electron chi connectivity index (χ3n) is 3.67. The molecule has 0 saturated carbocycles. The molecule has 7 nitrogen and oxygen atoms in total. The minimum atomic E-state index is -4.83. The quantitative estimate of drug-likeness (QED) is 0.504. The number of hydrogen-bond acceptors (Lipinski definition) is 5. The van der Waals surface area contributed by atoms with Crippen molar-refractivity contribution in [3.63, 3.8) is 0 Å². The summed E-state index contributed by atoms with van der Waals surface area (Å²) in [7, 11) is -9.54. The fourth-order valence-electron chi connectivity index (χ4n) is 2.53. The van der Waals surface area contributed by atoms with Gasteiger partial charge in [-0.15, -0.1) is 0 Å². The molecule has 0 fully saturated rings. The van der Waals surface area contributed by atoms with E-state index in [-0.39, 0.29) is 16.5 Å². The van der Waals surface area contributed by atoms with Crippen molar-refractivity contribution in [1.29, 1.82) is 0 Å². The molecule has 3 rings (SSSR count). The van der Waals surface area contributed by atoms with Gasteiger partial charge in [-0.05, 0) is 41.3 Å². The van der Waals surface area contributed by atoms with Gasteiger partial charge in [-0.1, -0.05) is 24.3 Å². The van der Waals surface area contributed by atoms with Gasteiger partial charge in [0.05, 0.1) is 10.6 Å². The number of fused-ring (bicyclic) bond motifs is 1. The molecule has 0 atom stereocenters. The van der Waals surface area contributed by atoms with Gasteiger partial charge in [-0.25, -0.2) is 4.39 Å². The topological polar surface area (TPSA) is 121 Å². The van der Waals surface area contributed by atoms with Crippen molar-refractivity contribution >= 4 is 42.9 Å². The lowest BCUT2D eigenvalue weighted by Crippen LogP contribution is -2.04. The second-order valence-electron chi connectivity index (χ2n) is 5.56. The Morgan fingerprint density at radius 2 is 1.59 bits per heavy atom. The highest BCUT2D eigenvalue weighted by Crippen LogP contribution is 2.34. The van der Waals surface area contributed by atoms with Crippen LogP contribution in [0.5, 0.6) is 0 Å². The molecule has 0 saturated heterocycles. The predicted molar refractivity (Wildman–Crippen MR) is 97.2 cm³/mol. The van der Waals surface area contributed by atoms with Crippen LogP contribution in [0.3, 0.4) is 0 Å². The predicted octanol–water partition coefficient (Wildman–Crippen LogP) is 3.22. The van der Waals surface area contributed by atoms with E-state index < -0.39 is 35.8 Å². The highest BCUT2D eigenvalue weighted by atomic mass is 32.2. The van der Waals surface area contributed by atoms with E-state index in [1.807, 2.05) is 0 Å². The average molecular weight is 409 g/mol. The first-order chi connectivity index (χ1) is 12.6. The van der Waals surface area contributed by atoms with Crippen molar-refractivity contribution in [2.45, 2.75) is 9.79 Å². The van der Waals surface area contributed by atoms with Crippen LogP contribution in [0.2, 0.25) is 0 Å². The molecule has 0 unspecified atom stereocenters. The molecular weight excluding hydrogens is 397 g/mol. The van der Waals surface area contributed by atoms with E-state index in [0.29, 0.717) is 11.6 Å². The summed E-state index contributed by atoms with van der Waals surface area (Å²) < 4.78 is 78.3. The van der Waals surface area contributed by atoms with Crippen molar-refractivity contribution in [2.24, 2.45) is 4.99 Å². The van der Waals surface area contributed by atoms with E-state index in [9.17, 15) is 30.3 Å². The summed E-state index contributed by atoms with van der Waals surface area (Å²) in [6.07, 6.45) is 1.29. The Kier molecular flexibility index (Phi) is 4.82. The first-order valence-electron chi connectivity index (χ1n) is 7.37. The fourth-order valence-corrected chi connectivity index (χ4v) is 3.91. The van der Waals surface area contributed by atoms with Crippen LogP contribution in [-0.2, 0) is 20.2 Å². The van der Waals surface area contributed by atoms with Crippen LogP contribution in [0.25, 0.3) is 10.8 Å². The second kappa shape index (κ2) is 6.82. The Balaban J connectivity index is 2.29. The number of halogens is 1. The van der Waals surface area contributed by atoms with E-state index in [1.165, 1.54) is 42.6 Å². The molecule has 0 amide bonds. The zero-order valence-corrected chi connectivity index (χ0v) is 15.1. The summed E-state index contributed by atoms with van der Waals surface area (Å²) in [4.78, 5) is 2.72. The van der Waals surface area contributed by atoms with Crippen LogP contribution in [-0.4, -0.2) is 32.2 Å². The van der Waals surface area contributed by atoms with Crippen LogP contribution < -0.4 is 0 Å². The lowest BCUT2D eigenvalue weighted by Gasteiger charge is -2.09.